The molecule has 1 aromatic carbocycles. The number of benzene rings is 1. The number of rotatable bonds is 5. The van der Waals surface area contributed by atoms with Crippen LogP contribution in [-0.2, 0) is 0 Å². The number of anilines is 1. The minimum absolute atomic E-state index is 0.0829. The molecule has 2 amide bonds. The Balaban J connectivity index is 2.58. The summed E-state index contributed by atoms with van der Waals surface area (Å²) < 4.78 is 35.8. The molecule has 0 aliphatic rings. The maximum Gasteiger partial charge on any atom is 0.389 e. The van der Waals surface area contributed by atoms with E-state index in [0.29, 0.717) is 5.56 Å². The van der Waals surface area contributed by atoms with Gasteiger partial charge in [-0.2, -0.15) is 13.2 Å². The van der Waals surface area contributed by atoms with Crippen LogP contribution in [0.5, 0.6) is 0 Å². The number of urea groups is 1. The summed E-state index contributed by atoms with van der Waals surface area (Å²) in [5.41, 5.74) is 0.583. The number of hydrogen-bond donors (Lipinski definition) is 3. The van der Waals surface area contributed by atoms with Gasteiger partial charge in [0.05, 0.1) is 11.3 Å². The Bertz CT molecular complexity index is 530. The Morgan fingerprint density at radius 3 is 2.52 bits per heavy atom. The van der Waals surface area contributed by atoms with E-state index in [1.54, 1.807) is 13.0 Å². The van der Waals surface area contributed by atoms with E-state index in [1.807, 2.05) is 0 Å². The van der Waals surface area contributed by atoms with Crippen molar-refractivity contribution in [2.45, 2.75) is 25.9 Å². The van der Waals surface area contributed by atoms with Gasteiger partial charge in [0.15, 0.2) is 0 Å². The van der Waals surface area contributed by atoms with Crippen molar-refractivity contribution in [3.8, 4) is 0 Å². The van der Waals surface area contributed by atoms with Crippen LogP contribution in [0.4, 0.5) is 23.7 Å². The van der Waals surface area contributed by atoms with Crippen molar-refractivity contribution in [1.29, 1.82) is 0 Å². The molecule has 0 unspecified atom stereocenters. The van der Waals surface area contributed by atoms with Gasteiger partial charge in [0, 0.05) is 13.0 Å². The molecule has 0 spiro atoms. The predicted octanol–water partition coefficient (Wildman–Crippen LogP) is 3.16. The Kier molecular flexibility index (Phi) is 5.57. The summed E-state index contributed by atoms with van der Waals surface area (Å²) in [5, 5.41) is 13.6. The molecular weight excluding hydrogens is 289 g/mol. The average Bonchev–Trinajstić information content (AvgIpc) is 2.35. The molecule has 0 radical (unpaired) electrons. The van der Waals surface area contributed by atoms with Crippen LogP contribution in [0.1, 0.15) is 28.8 Å². The number of carbonyl (C=O) groups excluding carboxylic acids is 1. The molecule has 0 aromatic heterocycles. The summed E-state index contributed by atoms with van der Waals surface area (Å²) in [5.74, 6) is -1.20. The van der Waals surface area contributed by atoms with Crippen molar-refractivity contribution in [2.75, 3.05) is 11.9 Å². The highest BCUT2D eigenvalue weighted by molar-refractivity contribution is 6.00. The van der Waals surface area contributed by atoms with Crippen LogP contribution in [0.15, 0.2) is 18.2 Å². The topological polar surface area (TPSA) is 78.4 Å². The van der Waals surface area contributed by atoms with Gasteiger partial charge in [-0.25, -0.2) is 9.59 Å². The van der Waals surface area contributed by atoms with Crippen LogP contribution in [0, 0.1) is 6.92 Å². The van der Waals surface area contributed by atoms with Crippen molar-refractivity contribution in [3.63, 3.8) is 0 Å². The molecule has 8 heteroatoms. The van der Waals surface area contributed by atoms with Crippen molar-refractivity contribution < 1.29 is 27.9 Å². The van der Waals surface area contributed by atoms with E-state index in [2.05, 4.69) is 10.6 Å². The van der Waals surface area contributed by atoms with E-state index < -0.39 is 24.6 Å². The molecule has 3 N–H and O–H groups in total. The van der Waals surface area contributed by atoms with Crippen molar-refractivity contribution in [1.82, 2.24) is 5.32 Å². The molecule has 0 aliphatic heterocycles. The van der Waals surface area contributed by atoms with Gasteiger partial charge in [-0.3, -0.25) is 0 Å². The number of carboxylic acid groups (broad SMARTS) is 1. The van der Waals surface area contributed by atoms with Gasteiger partial charge in [-0.15, -0.1) is 0 Å². The van der Waals surface area contributed by atoms with Crippen molar-refractivity contribution in [2.24, 2.45) is 0 Å². The summed E-state index contributed by atoms with van der Waals surface area (Å²) in [6.45, 7) is 1.46. The number of hydrogen-bond acceptors (Lipinski definition) is 2. The molecule has 0 aliphatic carbocycles. The second kappa shape index (κ2) is 6.96. The molecule has 0 saturated carbocycles. The van der Waals surface area contributed by atoms with Crippen molar-refractivity contribution >= 4 is 17.7 Å². The summed E-state index contributed by atoms with van der Waals surface area (Å²) in [6, 6.07) is 3.74. The molecular formula is C13H15F3N2O3. The smallest absolute Gasteiger partial charge is 0.389 e. The molecule has 0 bridgehead atoms. The molecule has 1 aromatic rings. The van der Waals surface area contributed by atoms with E-state index in [1.165, 1.54) is 12.1 Å². The molecule has 0 atom stereocenters. The zero-order valence-electron chi connectivity index (χ0n) is 11.3. The lowest BCUT2D eigenvalue weighted by Crippen LogP contribution is -2.31. The third-order valence-corrected chi connectivity index (χ3v) is 2.66. The normalized spacial score (nSPS) is 11.0. The number of para-hydroxylation sites is 1. The second-order valence-electron chi connectivity index (χ2n) is 4.40. The summed E-state index contributed by atoms with van der Waals surface area (Å²) >= 11 is 0. The monoisotopic (exact) mass is 304 g/mol. The Labute approximate surface area is 119 Å². The second-order valence-corrected chi connectivity index (χ2v) is 4.40. The first-order valence-electron chi connectivity index (χ1n) is 6.15. The fraction of sp³-hybridized carbons (Fsp3) is 0.385. The number of halogens is 3. The fourth-order valence-electron chi connectivity index (χ4n) is 1.66. The van der Waals surface area contributed by atoms with Gasteiger partial charge in [0.1, 0.15) is 0 Å². The average molecular weight is 304 g/mol. The highest BCUT2D eigenvalue weighted by atomic mass is 19.4. The third-order valence-electron chi connectivity index (χ3n) is 2.66. The van der Waals surface area contributed by atoms with E-state index >= 15 is 0 Å². The number of amides is 2. The Hall–Kier alpha value is -2.25. The summed E-state index contributed by atoms with van der Waals surface area (Å²) in [4.78, 5) is 22.6. The number of alkyl halides is 3. The minimum atomic E-state index is -4.26. The van der Waals surface area contributed by atoms with Gasteiger partial charge >= 0.3 is 18.2 Å². The summed E-state index contributed by atoms with van der Waals surface area (Å²) in [6.07, 6.45) is -5.49. The third kappa shape index (κ3) is 5.72. The molecule has 5 nitrogen and oxygen atoms in total. The van der Waals surface area contributed by atoms with Crippen LogP contribution in [0.2, 0.25) is 0 Å². The molecule has 0 fully saturated rings. The number of nitrogens with one attached hydrogen (secondary N) is 2. The first-order valence-corrected chi connectivity index (χ1v) is 6.15. The SMILES string of the molecule is Cc1cccc(C(=O)O)c1NC(=O)NCCCC(F)(F)F. The highest BCUT2D eigenvalue weighted by Gasteiger charge is 2.26. The van der Waals surface area contributed by atoms with Crippen LogP contribution < -0.4 is 10.6 Å². The van der Waals surface area contributed by atoms with Crippen molar-refractivity contribution in [3.05, 3.63) is 29.3 Å². The quantitative estimate of drug-likeness (QED) is 0.731. The molecule has 116 valence electrons. The molecule has 0 saturated heterocycles. The van der Waals surface area contributed by atoms with Crippen LogP contribution in [-0.4, -0.2) is 29.8 Å². The number of carboxylic acids is 1. The lowest BCUT2D eigenvalue weighted by Gasteiger charge is -2.12. The zero-order chi connectivity index (χ0) is 16.0. The number of aromatic carboxylic acids is 1. The predicted molar refractivity (Wildman–Crippen MR) is 70.4 cm³/mol. The largest absolute Gasteiger partial charge is 0.478 e. The number of carbonyl (C=O) groups is 2. The van der Waals surface area contributed by atoms with E-state index in [9.17, 15) is 22.8 Å². The maximum atomic E-state index is 11.9. The zero-order valence-corrected chi connectivity index (χ0v) is 11.3. The lowest BCUT2D eigenvalue weighted by atomic mass is 10.1. The van der Waals surface area contributed by atoms with Crippen LogP contribution >= 0.6 is 0 Å². The molecule has 1 rings (SSSR count). The molecule has 0 heterocycles. The lowest BCUT2D eigenvalue weighted by molar-refractivity contribution is -0.135. The first-order chi connectivity index (χ1) is 9.70. The summed E-state index contributed by atoms with van der Waals surface area (Å²) in [7, 11) is 0. The highest BCUT2D eigenvalue weighted by Crippen LogP contribution is 2.21. The van der Waals surface area contributed by atoms with E-state index in [0.717, 1.165) is 0 Å². The maximum absolute atomic E-state index is 11.9. The van der Waals surface area contributed by atoms with E-state index in [-0.39, 0.29) is 24.2 Å². The van der Waals surface area contributed by atoms with Gasteiger partial charge in [-0.05, 0) is 25.0 Å². The number of aryl methyl sites for hydroxylation is 1. The standard InChI is InChI=1S/C13H15F3N2O3/c1-8-4-2-5-9(11(19)20)10(8)18-12(21)17-7-3-6-13(14,15)16/h2,4-5H,3,6-7H2,1H3,(H,19,20)(H2,17,18,21). The Morgan fingerprint density at radius 2 is 1.95 bits per heavy atom. The van der Waals surface area contributed by atoms with Gasteiger partial charge in [0.25, 0.3) is 0 Å². The van der Waals surface area contributed by atoms with Gasteiger partial charge < -0.3 is 15.7 Å². The first kappa shape index (κ1) is 16.8. The van der Waals surface area contributed by atoms with E-state index in [4.69, 9.17) is 5.11 Å². The molecule has 21 heavy (non-hydrogen) atoms. The van der Waals surface area contributed by atoms with Gasteiger partial charge in [-0.1, -0.05) is 12.1 Å². The van der Waals surface area contributed by atoms with Gasteiger partial charge in [0.2, 0.25) is 0 Å². The minimum Gasteiger partial charge on any atom is -0.478 e. The fourth-order valence-corrected chi connectivity index (χ4v) is 1.66. The Morgan fingerprint density at radius 1 is 1.29 bits per heavy atom. The van der Waals surface area contributed by atoms with Crippen LogP contribution in [0.25, 0.3) is 0 Å². The van der Waals surface area contributed by atoms with Crippen LogP contribution in [0.3, 0.4) is 0 Å².